The van der Waals surface area contributed by atoms with Crippen LogP contribution >= 0.6 is 11.5 Å². The van der Waals surface area contributed by atoms with Crippen LogP contribution in [0, 0.1) is 6.92 Å². The number of rotatable bonds is 4. The van der Waals surface area contributed by atoms with E-state index in [-0.39, 0.29) is 5.56 Å². The molecule has 1 aromatic carbocycles. The van der Waals surface area contributed by atoms with Crippen molar-refractivity contribution in [3.05, 3.63) is 70.4 Å². The number of fused-ring (bicyclic) bond motifs is 2. The average molecular weight is 404 g/mol. The first kappa shape index (κ1) is 17.5. The van der Waals surface area contributed by atoms with Crippen LogP contribution in [0.4, 0.5) is 0 Å². The van der Waals surface area contributed by atoms with E-state index in [1.54, 1.807) is 34.8 Å². The quantitative estimate of drug-likeness (QED) is 0.458. The van der Waals surface area contributed by atoms with Gasteiger partial charge in [-0.1, -0.05) is 23.4 Å². The second-order valence-electron chi connectivity index (χ2n) is 6.64. The number of nitrogens with zero attached hydrogens (tertiary/aromatic N) is 6. The Morgan fingerprint density at radius 2 is 2.10 bits per heavy atom. The molecule has 0 bridgehead atoms. The zero-order valence-electron chi connectivity index (χ0n) is 15.7. The van der Waals surface area contributed by atoms with Crippen molar-refractivity contribution >= 4 is 33.5 Å². The van der Waals surface area contributed by atoms with Crippen molar-refractivity contribution in [2.45, 2.75) is 13.5 Å². The minimum atomic E-state index is -0.175. The van der Waals surface area contributed by atoms with E-state index in [9.17, 15) is 4.79 Å². The molecule has 0 aliphatic heterocycles. The van der Waals surface area contributed by atoms with Crippen LogP contribution in [0.2, 0.25) is 0 Å². The monoisotopic (exact) mass is 404 g/mol. The van der Waals surface area contributed by atoms with Gasteiger partial charge in [0.25, 0.3) is 5.56 Å². The van der Waals surface area contributed by atoms with Crippen molar-refractivity contribution in [1.82, 2.24) is 28.9 Å². The van der Waals surface area contributed by atoms with Gasteiger partial charge in [0, 0.05) is 11.6 Å². The Morgan fingerprint density at radius 3 is 2.90 bits per heavy atom. The number of pyridine rings is 2. The third-order valence-electron chi connectivity index (χ3n) is 4.74. The van der Waals surface area contributed by atoms with Crippen molar-refractivity contribution in [2.24, 2.45) is 0 Å². The first-order chi connectivity index (χ1) is 14.1. The van der Waals surface area contributed by atoms with Crippen LogP contribution in [0.15, 0.2) is 53.6 Å². The molecule has 0 atom stereocenters. The van der Waals surface area contributed by atoms with Crippen LogP contribution in [0.5, 0.6) is 5.75 Å². The van der Waals surface area contributed by atoms with Gasteiger partial charge in [-0.25, -0.2) is 4.68 Å². The average Bonchev–Trinajstić information content (AvgIpc) is 3.35. The van der Waals surface area contributed by atoms with Crippen molar-refractivity contribution in [3.63, 3.8) is 0 Å². The SMILES string of the molecule is COc1cnc2c(Cn3nnc4ccn(-c5cc(C)ns5)c(=O)c43)cccc2c1. The second-order valence-corrected chi connectivity index (χ2v) is 7.43. The van der Waals surface area contributed by atoms with Gasteiger partial charge in [0.2, 0.25) is 0 Å². The van der Waals surface area contributed by atoms with Gasteiger partial charge in [-0.2, -0.15) is 4.37 Å². The summed E-state index contributed by atoms with van der Waals surface area (Å²) in [5, 5.41) is 10.1. The molecular formula is C20H16N6O2S. The first-order valence-corrected chi connectivity index (χ1v) is 9.71. The summed E-state index contributed by atoms with van der Waals surface area (Å²) in [7, 11) is 1.61. The molecule has 0 aliphatic carbocycles. The maximum Gasteiger partial charge on any atom is 0.283 e. The zero-order valence-corrected chi connectivity index (χ0v) is 16.6. The summed E-state index contributed by atoms with van der Waals surface area (Å²) in [6.07, 6.45) is 3.40. The van der Waals surface area contributed by atoms with Gasteiger partial charge in [0.05, 0.1) is 31.1 Å². The highest BCUT2D eigenvalue weighted by atomic mass is 32.1. The van der Waals surface area contributed by atoms with Gasteiger partial charge in [0.15, 0.2) is 5.52 Å². The van der Waals surface area contributed by atoms with Gasteiger partial charge >= 0.3 is 0 Å². The predicted molar refractivity (Wildman–Crippen MR) is 111 cm³/mol. The lowest BCUT2D eigenvalue weighted by atomic mass is 10.1. The fourth-order valence-electron chi connectivity index (χ4n) is 3.34. The Hall–Kier alpha value is -3.59. The molecule has 29 heavy (non-hydrogen) atoms. The first-order valence-electron chi connectivity index (χ1n) is 8.94. The topological polar surface area (TPSA) is 87.7 Å². The lowest BCUT2D eigenvalue weighted by Gasteiger charge is -2.08. The Labute approximate surface area is 169 Å². The molecule has 4 heterocycles. The number of para-hydroxylation sites is 1. The highest BCUT2D eigenvalue weighted by Crippen LogP contribution is 2.22. The lowest BCUT2D eigenvalue weighted by Crippen LogP contribution is -2.20. The fraction of sp³-hybridized carbons (Fsp3) is 0.150. The number of ether oxygens (including phenoxy) is 1. The van der Waals surface area contributed by atoms with E-state index in [4.69, 9.17) is 4.74 Å². The number of aromatic nitrogens is 6. The minimum Gasteiger partial charge on any atom is -0.495 e. The molecule has 0 amide bonds. The number of aryl methyl sites for hydroxylation is 1. The molecule has 4 aromatic heterocycles. The van der Waals surface area contributed by atoms with Crippen LogP contribution in [-0.4, -0.2) is 36.0 Å². The molecule has 8 nitrogen and oxygen atoms in total. The number of benzene rings is 1. The third kappa shape index (κ3) is 2.95. The van der Waals surface area contributed by atoms with Crippen LogP contribution in [0.25, 0.3) is 26.9 Å². The van der Waals surface area contributed by atoms with Crippen molar-refractivity contribution < 1.29 is 4.74 Å². The molecule has 5 rings (SSSR count). The van der Waals surface area contributed by atoms with Gasteiger partial charge in [-0.15, -0.1) is 5.10 Å². The Bertz CT molecular complexity index is 1420. The molecule has 144 valence electrons. The Balaban J connectivity index is 1.63. The largest absolute Gasteiger partial charge is 0.495 e. The molecule has 0 fully saturated rings. The van der Waals surface area contributed by atoms with E-state index in [1.165, 1.54) is 11.5 Å². The summed E-state index contributed by atoms with van der Waals surface area (Å²) in [6, 6.07) is 11.5. The summed E-state index contributed by atoms with van der Waals surface area (Å²) < 4.78 is 12.7. The van der Waals surface area contributed by atoms with E-state index in [0.29, 0.717) is 23.3 Å². The van der Waals surface area contributed by atoms with E-state index in [0.717, 1.165) is 27.2 Å². The minimum absolute atomic E-state index is 0.175. The van der Waals surface area contributed by atoms with Gasteiger partial charge in [0.1, 0.15) is 16.3 Å². The van der Waals surface area contributed by atoms with Crippen molar-refractivity contribution in [1.29, 1.82) is 0 Å². The molecule has 0 saturated carbocycles. The third-order valence-corrected chi connectivity index (χ3v) is 5.62. The number of hydrogen-bond donors (Lipinski definition) is 0. The Kier molecular flexibility index (Phi) is 4.09. The molecule has 0 saturated heterocycles. The highest BCUT2D eigenvalue weighted by molar-refractivity contribution is 7.08. The van der Waals surface area contributed by atoms with Crippen LogP contribution < -0.4 is 10.3 Å². The van der Waals surface area contributed by atoms with Crippen molar-refractivity contribution in [2.75, 3.05) is 7.11 Å². The molecule has 0 N–H and O–H groups in total. The van der Waals surface area contributed by atoms with Crippen LogP contribution in [0.1, 0.15) is 11.3 Å². The van der Waals surface area contributed by atoms with E-state index < -0.39 is 0 Å². The standard InChI is InChI=1S/C20H16N6O2S/c1-12-8-17(29-23-12)25-7-6-16-19(20(25)27)26(24-22-16)11-14-5-3-4-13-9-15(28-2)10-21-18(13)14/h3-10H,11H2,1-2H3. The molecule has 0 spiro atoms. The predicted octanol–water partition coefficient (Wildman–Crippen LogP) is 2.95. The smallest absolute Gasteiger partial charge is 0.283 e. The molecule has 0 unspecified atom stereocenters. The summed E-state index contributed by atoms with van der Waals surface area (Å²) in [4.78, 5) is 17.7. The van der Waals surface area contributed by atoms with E-state index in [2.05, 4.69) is 19.7 Å². The summed E-state index contributed by atoms with van der Waals surface area (Å²) in [6.45, 7) is 2.28. The van der Waals surface area contributed by atoms with Gasteiger partial charge < -0.3 is 4.74 Å². The molecule has 9 heteroatoms. The van der Waals surface area contributed by atoms with Crippen molar-refractivity contribution in [3.8, 4) is 10.8 Å². The molecule has 0 aliphatic rings. The fourth-order valence-corrected chi connectivity index (χ4v) is 4.08. The summed E-state index contributed by atoms with van der Waals surface area (Å²) in [5.41, 5.74) is 3.49. The maximum absolute atomic E-state index is 13.2. The van der Waals surface area contributed by atoms with Crippen LogP contribution in [-0.2, 0) is 6.54 Å². The summed E-state index contributed by atoms with van der Waals surface area (Å²) >= 11 is 1.28. The van der Waals surface area contributed by atoms with E-state index >= 15 is 0 Å². The highest BCUT2D eigenvalue weighted by Gasteiger charge is 2.15. The zero-order chi connectivity index (χ0) is 20.0. The van der Waals surface area contributed by atoms with Crippen LogP contribution in [0.3, 0.4) is 0 Å². The Morgan fingerprint density at radius 1 is 1.21 bits per heavy atom. The number of hydrogen-bond acceptors (Lipinski definition) is 7. The molecule has 5 aromatic rings. The van der Waals surface area contributed by atoms with Gasteiger partial charge in [-0.05, 0) is 42.2 Å². The maximum atomic E-state index is 13.2. The number of methoxy groups -OCH3 is 1. The lowest BCUT2D eigenvalue weighted by molar-refractivity contribution is 0.413. The summed E-state index contributed by atoms with van der Waals surface area (Å²) in [5.74, 6) is 0.698. The van der Waals surface area contributed by atoms with Gasteiger partial charge in [-0.3, -0.25) is 14.3 Å². The second kappa shape index (κ2) is 6.78. The molecule has 0 radical (unpaired) electrons. The molecular weight excluding hydrogens is 388 g/mol. The normalized spacial score (nSPS) is 11.4. The van der Waals surface area contributed by atoms with E-state index in [1.807, 2.05) is 37.3 Å².